The highest BCUT2D eigenvalue weighted by molar-refractivity contribution is 5.75. The molecule has 0 radical (unpaired) electrons. The summed E-state index contributed by atoms with van der Waals surface area (Å²) in [5.74, 6) is -0.131. The Morgan fingerprint density at radius 1 is 1.18 bits per heavy atom. The number of para-hydroxylation sites is 2. The molecule has 0 aromatic heterocycles. The van der Waals surface area contributed by atoms with Gasteiger partial charge in [-0.15, -0.1) is 0 Å². The number of hydrogen-bond donors (Lipinski definition) is 2. The molecule has 1 aromatic carbocycles. The Balaban J connectivity index is 1.86. The highest BCUT2D eigenvalue weighted by Crippen LogP contribution is 2.37. The second-order valence-electron chi connectivity index (χ2n) is 4.61. The van der Waals surface area contributed by atoms with Gasteiger partial charge in [0, 0.05) is 19.5 Å². The summed E-state index contributed by atoms with van der Waals surface area (Å²) in [5.41, 5.74) is 2.39. The van der Waals surface area contributed by atoms with Crippen molar-refractivity contribution in [2.24, 2.45) is 0 Å². The summed E-state index contributed by atoms with van der Waals surface area (Å²) in [6.45, 7) is 5.80. The minimum absolute atomic E-state index is 0.131. The van der Waals surface area contributed by atoms with Crippen LogP contribution in [0.2, 0.25) is 0 Å². The first kappa shape index (κ1) is 10.9. The van der Waals surface area contributed by atoms with E-state index in [0.717, 1.165) is 32.7 Å². The number of morpholine rings is 1. The van der Waals surface area contributed by atoms with E-state index in [1.807, 2.05) is 0 Å². The number of benzene rings is 1. The minimum atomic E-state index is -0.131. The third kappa shape index (κ3) is 1.77. The number of nitrogens with zero attached hydrogens (tertiary/aromatic N) is 1. The molecule has 4 nitrogen and oxygen atoms in total. The normalized spacial score (nSPS) is 22.6. The van der Waals surface area contributed by atoms with Crippen molar-refractivity contribution in [3.8, 4) is 0 Å². The van der Waals surface area contributed by atoms with Crippen LogP contribution in [0.25, 0.3) is 0 Å². The Morgan fingerprint density at radius 2 is 1.76 bits per heavy atom. The highest BCUT2D eigenvalue weighted by atomic mass is 16.5. The number of anilines is 2. The molecule has 1 aromatic rings. The van der Waals surface area contributed by atoms with E-state index in [1.54, 1.807) is 0 Å². The lowest BCUT2D eigenvalue weighted by Gasteiger charge is -2.43. The van der Waals surface area contributed by atoms with Gasteiger partial charge in [-0.25, -0.2) is 0 Å². The van der Waals surface area contributed by atoms with Crippen molar-refractivity contribution in [3.05, 3.63) is 24.3 Å². The second kappa shape index (κ2) is 4.20. The zero-order valence-corrected chi connectivity index (χ0v) is 10.2. The van der Waals surface area contributed by atoms with E-state index in [0.29, 0.717) is 0 Å². The van der Waals surface area contributed by atoms with Gasteiger partial charge in [0.2, 0.25) is 0 Å². The third-order valence-corrected chi connectivity index (χ3v) is 3.67. The van der Waals surface area contributed by atoms with Gasteiger partial charge in [0.15, 0.2) is 5.79 Å². The third-order valence-electron chi connectivity index (χ3n) is 3.67. The average molecular weight is 233 g/mol. The van der Waals surface area contributed by atoms with Crippen LogP contribution in [0.5, 0.6) is 0 Å². The van der Waals surface area contributed by atoms with Gasteiger partial charge in [0.25, 0.3) is 0 Å². The van der Waals surface area contributed by atoms with Gasteiger partial charge in [0.1, 0.15) is 0 Å². The lowest BCUT2D eigenvalue weighted by Crippen LogP contribution is -2.60. The van der Waals surface area contributed by atoms with Crippen molar-refractivity contribution < 1.29 is 4.74 Å². The Labute approximate surface area is 102 Å². The van der Waals surface area contributed by atoms with E-state index >= 15 is 0 Å². The van der Waals surface area contributed by atoms with Crippen LogP contribution in [-0.2, 0) is 4.74 Å². The molecule has 1 saturated heterocycles. The van der Waals surface area contributed by atoms with Crippen LogP contribution in [-0.4, -0.2) is 37.0 Å². The quantitative estimate of drug-likeness (QED) is 0.818. The van der Waals surface area contributed by atoms with E-state index < -0.39 is 0 Å². The average Bonchev–Trinajstić information content (AvgIpc) is 2.79. The molecule has 1 fully saturated rings. The van der Waals surface area contributed by atoms with Crippen molar-refractivity contribution in [2.45, 2.75) is 19.1 Å². The molecule has 2 aliphatic heterocycles. The first-order valence-corrected chi connectivity index (χ1v) is 6.32. The van der Waals surface area contributed by atoms with E-state index in [9.17, 15) is 0 Å². The molecule has 2 N–H and O–H groups in total. The van der Waals surface area contributed by atoms with Crippen molar-refractivity contribution in [2.75, 3.05) is 36.9 Å². The van der Waals surface area contributed by atoms with Crippen LogP contribution < -0.4 is 10.6 Å². The molecule has 3 rings (SSSR count). The maximum Gasteiger partial charge on any atom is 0.166 e. The van der Waals surface area contributed by atoms with E-state index in [-0.39, 0.29) is 5.79 Å². The monoisotopic (exact) mass is 233 g/mol. The van der Waals surface area contributed by atoms with Gasteiger partial charge >= 0.3 is 0 Å². The van der Waals surface area contributed by atoms with Gasteiger partial charge in [-0.3, -0.25) is 4.90 Å². The summed E-state index contributed by atoms with van der Waals surface area (Å²) >= 11 is 0. The smallest absolute Gasteiger partial charge is 0.166 e. The zero-order chi connectivity index (χ0) is 11.7. The molecular weight excluding hydrogens is 214 g/mol. The van der Waals surface area contributed by atoms with Gasteiger partial charge in [-0.2, -0.15) is 0 Å². The van der Waals surface area contributed by atoms with E-state index in [1.165, 1.54) is 11.4 Å². The van der Waals surface area contributed by atoms with E-state index in [2.05, 4.69) is 46.7 Å². The highest BCUT2D eigenvalue weighted by Gasteiger charge is 2.40. The van der Waals surface area contributed by atoms with Crippen LogP contribution in [0.1, 0.15) is 13.3 Å². The van der Waals surface area contributed by atoms with Gasteiger partial charge in [-0.1, -0.05) is 19.1 Å². The molecular formula is C13H19N3O. The Hall–Kier alpha value is -1.26. The van der Waals surface area contributed by atoms with Gasteiger partial charge < -0.3 is 15.4 Å². The Bertz CT molecular complexity index is 376. The molecule has 0 atom stereocenters. The second-order valence-corrected chi connectivity index (χ2v) is 4.61. The fraction of sp³-hybridized carbons (Fsp3) is 0.538. The fourth-order valence-electron chi connectivity index (χ4n) is 2.68. The van der Waals surface area contributed by atoms with Crippen molar-refractivity contribution in [3.63, 3.8) is 0 Å². The minimum Gasteiger partial charge on any atom is -0.379 e. The Kier molecular flexibility index (Phi) is 2.68. The topological polar surface area (TPSA) is 36.5 Å². The summed E-state index contributed by atoms with van der Waals surface area (Å²) in [7, 11) is 0. The lowest BCUT2D eigenvalue weighted by atomic mass is 10.2. The molecule has 0 saturated carbocycles. The van der Waals surface area contributed by atoms with Crippen LogP contribution in [0.15, 0.2) is 24.3 Å². The maximum atomic E-state index is 5.43. The SMILES string of the molecule is CCC1(N2CCOCC2)Nc2ccccc2N1. The number of ether oxygens (including phenoxy) is 1. The van der Waals surface area contributed by atoms with Crippen LogP contribution >= 0.6 is 0 Å². The predicted octanol–water partition coefficient (Wildman–Crippen LogP) is 1.92. The van der Waals surface area contributed by atoms with Crippen molar-refractivity contribution >= 4 is 11.4 Å². The Morgan fingerprint density at radius 3 is 2.29 bits per heavy atom. The number of hydrogen-bond acceptors (Lipinski definition) is 4. The van der Waals surface area contributed by atoms with Crippen molar-refractivity contribution in [1.29, 1.82) is 0 Å². The van der Waals surface area contributed by atoms with Gasteiger partial charge in [0.05, 0.1) is 24.6 Å². The molecule has 17 heavy (non-hydrogen) atoms. The maximum absolute atomic E-state index is 5.43. The van der Waals surface area contributed by atoms with Crippen LogP contribution in [0.3, 0.4) is 0 Å². The van der Waals surface area contributed by atoms with Crippen LogP contribution in [0.4, 0.5) is 11.4 Å². The predicted molar refractivity (Wildman–Crippen MR) is 69.1 cm³/mol. The summed E-state index contributed by atoms with van der Waals surface area (Å²) in [4.78, 5) is 2.44. The van der Waals surface area contributed by atoms with Crippen molar-refractivity contribution in [1.82, 2.24) is 4.90 Å². The molecule has 2 heterocycles. The molecule has 4 heteroatoms. The van der Waals surface area contributed by atoms with Gasteiger partial charge in [-0.05, 0) is 12.1 Å². The fourth-order valence-corrected chi connectivity index (χ4v) is 2.68. The first-order chi connectivity index (χ1) is 8.34. The summed E-state index contributed by atoms with van der Waals surface area (Å²) in [6, 6.07) is 8.39. The summed E-state index contributed by atoms with van der Waals surface area (Å²) in [6.07, 6.45) is 1.02. The number of rotatable bonds is 2. The number of nitrogens with one attached hydrogen (secondary N) is 2. The zero-order valence-electron chi connectivity index (χ0n) is 10.2. The largest absolute Gasteiger partial charge is 0.379 e. The number of fused-ring (bicyclic) bond motifs is 1. The summed E-state index contributed by atoms with van der Waals surface area (Å²) in [5, 5.41) is 7.25. The summed E-state index contributed by atoms with van der Waals surface area (Å²) < 4.78 is 5.43. The molecule has 0 bridgehead atoms. The standard InChI is InChI=1S/C13H19N3O/c1-2-13(16-7-9-17-10-8-16)14-11-5-3-4-6-12(11)15-13/h3-6,14-15H,2,7-10H2,1H3. The molecule has 92 valence electrons. The van der Waals surface area contributed by atoms with E-state index in [4.69, 9.17) is 4.74 Å². The first-order valence-electron chi connectivity index (χ1n) is 6.32. The molecule has 0 amide bonds. The molecule has 2 aliphatic rings. The molecule has 0 spiro atoms. The molecule has 0 unspecified atom stereocenters. The lowest BCUT2D eigenvalue weighted by molar-refractivity contribution is -0.00336. The molecule has 0 aliphatic carbocycles. The van der Waals surface area contributed by atoms with Crippen LogP contribution in [0, 0.1) is 0 Å².